The molecule has 1 aliphatic carbocycles. The molecule has 0 saturated heterocycles. The number of anilines is 1. The summed E-state index contributed by atoms with van der Waals surface area (Å²) >= 11 is 7.73. The lowest BCUT2D eigenvalue weighted by Crippen LogP contribution is -2.36. The van der Waals surface area contributed by atoms with Crippen molar-refractivity contribution in [3.8, 4) is 5.75 Å². The number of esters is 1. The molecule has 0 radical (unpaired) electrons. The fourth-order valence-corrected chi connectivity index (χ4v) is 6.87. The van der Waals surface area contributed by atoms with E-state index in [0.717, 1.165) is 107 Å². The van der Waals surface area contributed by atoms with E-state index in [9.17, 15) is 4.79 Å². The van der Waals surface area contributed by atoms with Gasteiger partial charge in [-0.25, -0.2) is 4.79 Å². The first-order chi connectivity index (χ1) is 21.6. The van der Waals surface area contributed by atoms with Gasteiger partial charge in [0.2, 0.25) is 0 Å². The lowest BCUT2D eigenvalue weighted by Gasteiger charge is -2.34. The monoisotopic (exact) mass is 744 g/mol. The van der Waals surface area contributed by atoms with Gasteiger partial charge in [-0.05, 0) is 79.1 Å². The van der Waals surface area contributed by atoms with Crippen LogP contribution in [0, 0.1) is 0 Å². The van der Waals surface area contributed by atoms with Gasteiger partial charge >= 0.3 is 5.97 Å². The SMILES string of the molecule is CC(=O)O.CCCCCCOC(=O)c1ccccc1C1=C2C=C(Br)C(N(CC)CC)C=C2Oc2cc(N(CC)CC)c(Br)cc21. The molecule has 0 spiro atoms. The maximum Gasteiger partial charge on any atom is 0.338 e. The highest BCUT2D eigenvalue weighted by molar-refractivity contribution is 9.11. The molecule has 1 heterocycles. The van der Waals surface area contributed by atoms with Crippen LogP contribution in [0.4, 0.5) is 5.69 Å². The van der Waals surface area contributed by atoms with Crippen LogP contribution in [0.1, 0.15) is 88.7 Å². The molecule has 1 atom stereocenters. The Kier molecular flexibility index (Phi) is 14.4. The van der Waals surface area contributed by atoms with E-state index in [0.29, 0.717) is 12.2 Å². The third kappa shape index (κ3) is 9.11. The third-order valence-electron chi connectivity index (χ3n) is 7.90. The van der Waals surface area contributed by atoms with Crippen LogP contribution in [0.2, 0.25) is 0 Å². The first-order valence-electron chi connectivity index (χ1n) is 15.9. The Morgan fingerprint density at radius 3 is 2.22 bits per heavy atom. The minimum atomic E-state index is -0.833. The third-order valence-corrected chi connectivity index (χ3v) is 9.24. The average Bonchev–Trinajstić information content (AvgIpc) is 3.01. The number of halogens is 2. The molecular formula is C36H46Br2N2O5. The number of aliphatic carboxylic acids is 1. The Hall–Kier alpha value is -2.88. The van der Waals surface area contributed by atoms with Crippen molar-refractivity contribution < 1.29 is 24.2 Å². The van der Waals surface area contributed by atoms with Crippen LogP contribution in [0.3, 0.4) is 0 Å². The summed E-state index contributed by atoms with van der Waals surface area (Å²) in [7, 11) is 0. The zero-order chi connectivity index (χ0) is 33.1. The van der Waals surface area contributed by atoms with Gasteiger partial charge in [-0.15, -0.1) is 0 Å². The summed E-state index contributed by atoms with van der Waals surface area (Å²) < 4.78 is 14.5. The average molecular weight is 747 g/mol. The van der Waals surface area contributed by atoms with Gasteiger partial charge in [-0.2, -0.15) is 0 Å². The van der Waals surface area contributed by atoms with Gasteiger partial charge in [0.25, 0.3) is 5.97 Å². The summed E-state index contributed by atoms with van der Waals surface area (Å²) in [5.41, 5.74) is 5.37. The number of ether oxygens (including phenoxy) is 2. The normalized spacial score (nSPS) is 15.2. The molecule has 244 valence electrons. The summed E-state index contributed by atoms with van der Waals surface area (Å²) in [6.07, 6.45) is 8.60. The summed E-state index contributed by atoms with van der Waals surface area (Å²) in [5, 5.41) is 7.42. The first-order valence-corrected chi connectivity index (χ1v) is 17.5. The van der Waals surface area contributed by atoms with Gasteiger partial charge in [0, 0.05) is 51.7 Å². The Bertz CT molecular complexity index is 1440. The van der Waals surface area contributed by atoms with Crippen molar-refractivity contribution >= 4 is 55.1 Å². The zero-order valence-corrected chi connectivity index (χ0v) is 30.5. The number of hydrogen-bond donors (Lipinski definition) is 1. The van der Waals surface area contributed by atoms with E-state index in [2.05, 4.69) is 101 Å². The van der Waals surface area contributed by atoms with Crippen molar-refractivity contribution in [1.29, 1.82) is 0 Å². The van der Waals surface area contributed by atoms with E-state index in [1.807, 2.05) is 24.3 Å². The first kappa shape index (κ1) is 36.6. The number of carbonyl (C=O) groups is 2. The number of hydrogen-bond acceptors (Lipinski definition) is 6. The van der Waals surface area contributed by atoms with Gasteiger partial charge in [-0.1, -0.05) is 74.2 Å². The van der Waals surface area contributed by atoms with Crippen molar-refractivity contribution in [3.05, 3.63) is 85.5 Å². The molecule has 1 unspecified atom stereocenters. The number of carboxylic acid groups (broad SMARTS) is 1. The van der Waals surface area contributed by atoms with E-state index in [-0.39, 0.29) is 12.0 Å². The molecule has 1 aliphatic heterocycles. The fourth-order valence-electron chi connectivity index (χ4n) is 5.62. The molecule has 4 rings (SSSR count). The molecular weight excluding hydrogens is 700 g/mol. The summed E-state index contributed by atoms with van der Waals surface area (Å²) in [4.78, 5) is 27.1. The maximum atomic E-state index is 13.4. The highest BCUT2D eigenvalue weighted by Gasteiger charge is 2.33. The van der Waals surface area contributed by atoms with Crippen molar-refractivity contribution in [3.63, 3.8) is 0 Å². The molecule has 0 fully saturated rings. The largest absolute Gasteiger partial charge is 0.481 e. The van der Waals surface area contributed by atoms with E-state index in [4.69, 9.17) is 19.4 Å². The highest BCUT2D eigenvalue weighted by Crippen LogP contribution is 2.48. The molecule has 45 heavy (non-hydrogen) atoms. The molecule has 0 saturated carbocycles. The molecule has 2 aromatic rings. The zero-order valence-electron chi connectivity index (χ0n) is 27.3. The van der Waals surface area contributed by atoms with Crippen molar-refractivity contribution in [2.45, 2.75) is 73.3 Å². The highest BCUT2D eigenvalue weighted by atomic mass is 79.9. The number of unbranched alkanes of at least 4 members (excludes halogenated alkanes) is 3. The van der Waals surface area contributed by atoms with Crippen LogP contribution in [0.25, 0.3) is 5.57 Å². The Morgan fingerprint density at radius 2 is 1.60 bits per heavy atom. The molecule has 2 aliphatic rings. The number of likely N-dealkylation sites (N-methyl/N-ethyl adjacent to an activating group) is 1. The van der Waals surface area contributed by atoms with Crippen molar-refractivity contribution in [2.24, 2.45) is 0 Å². The topological polar surface area (TPSA) is 79.3 Å². The summed E-state index contributed by atoms with van der Waals surface area (Å²) in [6, 6.07) is 12.1. The van der Waals surface area contributed by atoms with E-state index in [1.165, 1.54) is 0 Å². The lowest BCUT2D eigenvalue weighted by molar-refractivity contribution is -0.134. The number of benzene rings is 2. The van der Waals surface area contributed by atoms with Crippen LogP contribution in [-0.4, -0.2) is 60.8 Å². The minimum Gasteiger partial charge on any atom is -0.481 e. The van der Waals surface area contributed by atoms with Crippen LogP contribution in [0.15, 0.2) is 68.8 Å². The van der Waals surface area contributed by atoms with Gasteiger partial charge in [0.05, 0.1) is 23.9 Å². The van der Waals surface area contributed by atoms with Gasteiger partial charge in [0.1, 0.15) is 11.5 Å². The number of fused-ring (bicyclic) bond motifs is 2. The number of rotatable bonds is 13. The minimum absolute atomic E-state index is 0.0765. The molecule has 1 N–H and O–H groups in total. The fraction of sp³-hybridized carbons (Fsp3) is 0.444. The Morgan fingerprint density at radius 1 is 0.933 bits per heavy atom. The predicted octanol–water partition coefficient (Wildman–Crippen LogP) is 9.20. The molecule has 0 amide bonds. The van der Waals surface area contributed by atoms with E-state index < -0.39 is 5.97 Å². The van der Waals surface area contributed by atoms with Crippen LogP contribution >= 0.6 is 31.9 Å². The molecule has 9 heteroatoms. The smallest absolute Gasteiger partial charge is 0.338 e. The number of carbonyl (C=O) groups excluding carboxylic acids is 1. The molecule has 0 aromatic heterocycles. The number of allylic oxidation sites excluding steroid dienone is 1. The van der Waals surface area contributed by atoms with Crippen LogP contribution in [-0.2, 0) is 9.53 Å². The second kappa shape index (κ2) is 17.7. The molecule has 0 bridgehead atoms. The predicted molar refractivity (Wildman–Crippen MR) is 190 cm³/mol. The van der Waals surface area contributed by atoms with Crippen molar-refractivity contribution in [1.82, 2.24) is 4.90 Å². The second-order valence-electron chi connectivity index (χ2n) is 10.9. The molecule has 2 aromatic carbocycles. The Labute approximate surface area is 285 Å². The quantitative estimate of drug-likeness (QED) is 0.162. The van der Waals surface area contributed by atoms with Gasteiger partial charge in [0.15, 0.2) is 0 Å². The van der Waals surface area contributed by atoms with Gasteiger partial charge in [-0.3, -0.25) is 9.69 Å². The Balaban J connectivity index is 0.00000130. The maximum absolute atomic E-state index is 13.4. The molecule has 7 nitrogen and oxygen atoms in total. The van der Waals surface area contributed by atoms with Crippen LogP contribution in [0.5, 0.6) is 5.75 Å². The van der Waals surface area contributed by atoms with Crippen molar-refractivity contribution in [2.75, 3.05) is 37.7 Å². The lowest BCUT2D eigenvalue weighted by atomic mass is 9.85. The number of carboxylic acids is 1. The summed E-state index contributed by atoms with van der Waals surface area (Å²) in [6.45, 7) is 16.0. The van der Waals surface area contributed by atoms with E-state index in [1.54, 1.807) is 0 Å². The van der Waals surface area contributed by atoms with Crippen LogP contribution < -0.4 is 9.64 Å². The standard InChI is InChI=1S/C34H42Br2N2O3.C2H4O2/c1-6-11-12-15-18-40-34(39)24-17-14-13-16-23(24)33-25-19-27(35)29(37(7-2)8-3)21-31(25)41-32-22-30(38(9-4)10-5)28(36)20-26(32)33;1-2(3)4/h13-14,16-17,19-22,29H,6-12,15,18H2,1-5H3;1H3,(H,3,4). The summed E-state index contributed by atoms with van der Waals surface area (Å²) in [5.74, 6) is 0.471. The second-order valence-corrected chi connectivity index (χ2v) is 12.6. The van der Waals surface area contributed by atoms with Gasteiger partial charge < -0.3 is 19.5 Å². The number of nitrogens with zero attached hydrogens (tertiary/aromatic N) is 2. The van der Waals surface area contributed by atoms with E-state index >= 15 is 0 Å².